The van der Waals surface area contributed by atoms with Gasteiger partial charge < -0.3 is 31.1 Å². The summed E-state index contributed by atoms with van der Waals surface area (Å²) in [5.41, 5.74) is -2.02. The molecule has 308 valence electrons. The van der Waals surface area contributed by atoms with Crippen molar-refractivity contribution < 1.29 is 24.0 Å². The predicted octanol–water partition coefficient (Wildman–Crippen LogP) is 3.30. The summed E-state index contributed by atoms with van der Waals surface area (Å²) in [4.78, 5) is 98.1. The van der Waals surface area contributed by atoms with Crippen LogP contribution in [0.15, 0.2) is 9.59 Å². The van der Waals surface area contributed by atoms with Crippen LogP contribution < -0.4 is 37.0 Å². The molecule has 1 aromatic carbocycles. The van der Waals surface area contributed by atoms with Crippen molar-refractivity contribution in [2.75, 3.05) is 25.0 Å². The molecule has 1 aliphatic heterocycles. The number of nitrogens with zero attached hydrogens (tertiary/aromatic N) is 2. The van der Waals surface area contributed by atoms with Crippen molar-refractivity contribution in [3.05, 3.63) is 26.0 Å². The maximum absolute atomic E-state index is 15.0. The van der Waals surface area contributed by atoms with Gasteiger partial charge in [0, 0.05) is 38.2 Å². The van der Waals surface area contributed by atoms with Gasteiger partial charge in [-0.2, -0.15) is 0 Å². The van der Waals surface area contributed by atoms with E-state index in [0.29, 0.717) is 30.6 Å². The average molecular weight is 777 g/mol. The van der Waals surface area contributed by atoms with Gasteiger partial charge in [-0.1, -0.05) is 81.6 Å². The van der Waals surface area contributed by atoms with Crippen LogP contribution in [0.3, 0.4) is 0 Å². The van der Waals surface area contributed by atoms with Crippen LogP contribution in [0.1, 0.15) is 126 Å². The minimum atomic E-state index is -1.14. The average Bonchev–Trinajstić information content (AvgIpc) is 3.96. The van der Waals surface area contributed by atoms with E-state index in [4.69, 9.17) is 6.42 Å². The summed E-state index contributed by atoms with van der Waals surface area (Å²) in [6, 6.07) is -4.07. The molecule has 1 heterocycles. The molecule has 3 aliphatic carbocycles. The number of carbonyl (C=O) groups excluding carboxylic acids is 5. The van der Waals surface area contributed by atoms with Crippen molar-refractivity contribution in [1.29, 1.82) is 0 Å². The van der Waals surface area contributed by atoms with Crippen molar-refractivity contribution >= 4 is 35.2 Å². The minimum Gasteiger partial charge on any atom is -0.369 e. The monoisotopic (exact) mass is 776 g/mol. The van der Waals surface area contributed by atoms with Crippen LogP contribution in [0.4, 0.5) is 10.5 Å². The molecular formula is C43H64N6O7. The summed E-state index contributed by atoms with van der Waals surface area (Å²) in [5, 5.41) is 11.7. The van der Waals surface area contributed by atoms with Gasteiger partial charge in [0.15, 0.2) is 0 Å². The van der Waals surface area contributed by atoms with E-state index in [-0.39, 0.29) is 48.6 Å². The van der Waals surface area contributed by atoms with Gasteiger partial charge in [0.1, 0.15) is 12.1 Å². The zero-order valence-corrected chi connectivity index (χ0v) is 35.1. The number of likely N-dealkylation sites (tertiary alicyclic amines) is 1. The van der Waals surface area contributed by atoms with Gasteiger partial charge in [-0.3, -0.25) is 28.8 Å². The lowest BCUT2D eigenvalue weighted by molar-refractivity contribution is -0.146. The molecule has 1 aromatic rings. The van der Waals surface area contributed by atoms with Gasteiger partial charge >= 0.3 is 6.03 Å². The number of piperidine rings is 1. The molecule has 13 heteroatoms. The maximum Gasteiger partial charge on any atom is 0.315 e. The lowest BCUT2D eigenvalue weighted by atomic mass is 9.70. The first kappa shape index (κ1) is 42.9. The number of Topliss-reactive ketones (excluding diaryl/α,β-unsaturated/α-hetero) is 1. The number of amides is 5. The summed E-state index contributed by atoms with van der Waals surface area (Å²) in [6.07, 6.45) is 11.6. The van der Waals surface area contributed by atoms with Crippen LogP contribution >= 0.6 is 0 Å². The third-order valence-corrected chi connectivity index (χ3v) is 13.1. The third-order valence-electron chi connectivity index (χ3n) is 13.1. The SMILES string of the molecule is C#CCC[C@H](NC(=O)[C@@H]1[C@@H]2[C@H](CN1C(=O)[C@@H](NC(=O)N[C@H](CN(C)c1c(C(C)(C)C)c(=O)c1=O)C(C)(C)C)C1(C)CCCCC1)C2(C)C)C(=O)C(=O)NC1CC1. The number of rotatable bonds is 14. The number of hydrogen-bond acceptors (Lipinski definition) is 8. The summed E-state index contributed by atoms with van der Waals surface area (Å²) in [7, 11) is 1.74. The zero-order chi connectivity index (χ0) is 41.7. The normalized spacial score (nSPS) is 24.2. The van der Waals surface area contributed by atoms with E-state index >= 15 is 0 Å². The minimum absolute atomic E-state index is 0.0369. The van der Waals surface area contributed by atoms with E-state index in [2.05, 4.69) is 41.0 Å². The van der Waals surface area contributed by atoms with Crippen LogP contribution in [-0.2, 0) is 24.6 Å². The van der Waals surface area contributed by atoms with Gasteiger partial charge in [-0.15, -0.1) is 12.3 Å². The molecule has 13 nitrogen and oxygen atoms in total. The molecule has 4 N–H and O–H groups in total. The fourth-order valence-electron chi connectivity index (χ4n) is 9.23. The number of nitrogens with one attached hydrogen (secondary N) is 4. The van der Waals surface area contributed by atoms with Crippen LogP contribution in [-0.4, -0.2) is 84.8 Å². The Morgan fingerprint density at radius 3 is 2.11 bits per heavy atom. The summed E-state index contributed by atoms with van der Waals surface area (Å²) in [6.45, 7) is 18.3. The molecular weight excluding hydrogens is 713 g/mol. The molecule has 3 saturated carbocycles. The second-order valence-electron chi connectivity index (χ2n) is 20.0. The second kappa shape index (κ2) is 15.6. The highest BCUT2D eigenvalue weighted by atomic mass is 16.2. The number of fused-ring (bicyclic) bond motifs is 1. The van der Waals surface area contributed by atoms with E-state index in [1.54, 1.807) is 16.8 Å². The van der Waals surface area contributed by atoms with Crippen LogP contribution in [0.5, 0.6) is 0 Å². The van der Waals surface area contributed by atoms with Crippen molar-refractivity contribution in [1.82, 2.24) is 26.2 Å². The quantitative estimate of drug-likeness (QED) is 0.165. The Bertz CT molecular complexity index is 1830. The lowest BCUT2D eigenvalue weighted by Crippen LogP contribution is -2.63. The Morgan fingerprint density at radius 2 is 1.55 bits per heavy atom. The highest BCUT2D eigenvalue weighted by Crippen LogP contribution is 2.65. The Morgan fingerprint density at radius 1 is 0.929 bits per heavy atom. The number of carbonyl (C=O) groups is 5. The molecule has 0 radical (unpaired) electrons. The summed E-state index contributed by atoms with van der Waals surface area (Å²) < 4.78 is 0. The first-order chi connectivity index (χ1) is 25.9. The molecule has 4 fully saturated rings. The van der Waals surface area contributed by atoms with Crippen molar-refractivity contribution in [2.45, 2.75) is 156 Å². The molecule has 0 unspecified atom stereocenters. The second-order valence-corrected chi connectivity index (χ2v) is 20.0. The van der Waals surface area contributed by atoms with E-state index in [1.807, 2.05) is 48.5 Å². The fraction of sp³-hybridized carbons (Fsp3) is 0.744. The number of urea groups is 1. The molecule has 0 aromatic heterocycles. The van der Waals surface area contributed by atoms with Crippen LogP contribution in [0.2, 0.25) is 0 Å². The topological polar surface area (TPSA) is 174 Å². The predicted molar refractivity (Wildman–Crippen MR) is 216 cm³/mol. The molecule has 0 spiro atoms. The third kappa shape index (κ3) is 8.69. The molecule has 56 heavy (non-hydrogen) atoms. The van der Waals surface area contributed by atoms with Gasteiger partial charge in [0.25, 0.3) is 5.91 Å². The van der Waals surface area contributed by atoms with Gasteiger partial charge in [-0.05, 0) is 65.6 Å². The smallest absolute Gasteiger partial charge is 0.315 e. The maximum atomic E-state index is 15.0. The first-order valence-electron chi connectivity index (χ1n) is 20.4. The Hall–Kier alpha value is -4.21. The Balaban J connectivity index is 1.38. The molecule has 5 amide bonds. The zero-order valence-electron chi connectivity index (χ0n) is 35.1. The Labute approximate surface area is 331 Å². The fourth-order valence-corrected chi connectivity index (χ4v) is 9.23. The van der Waals surface area contributed by atoms with E-state index in [9.17, 15) is 33.6 Å². The highest BCUT2D eigenvalue weighted by molar-refractivity contribution is 6.38. The number of anilines is 1. The van der Waals surface area contributed by atoms with E-state index in [1.165, 1.54) is 0 Å². The summed E-state index contributed by atoms with van der Waals surface area (Å²) >= 11 is 0. The standard InChI is InChI=1S/C43H64N6O7/c1-12-13-17-26(32(50)37(54)44-24-18-19-24)45-36(53)31-28-25(42(28,8)9)22-49(31)38(55)35(43(10)20-15-14-16-21-43)47-39(56)46-27(40(2,3)4)23-48(11)30-29(41(5,6)7)33(51)34(30)52/h1,24-28,31,35H,13-23H2,2-11H3,(H,44,54)(H,45,53)(H2,46,47,56)/t25-,26-,27+,28-,31-,35+/m0/s1. The van der Waals surface area contributed by atoms with E-state index in [0.717, 1.165) is 32.1 Å². The molecule has 5 rings (SSSR count). The van der Waals surface area contributed by atoms with Crippen molar-refractivity contribution in [2.24, 2.45) is 28.1 Å². The first-order valence-corrected chi connectivity index (χ1v) is 20.4. The highest BCUT2D eigenvalue weighted by Gasteiger charge is 2.70. The molecule has 6 atom stereocenters. The number of terminal acetylenes is 1. The number of ketones is 1. The van der Waals surface area contributed by atoms with Crippen molar-refractivity contribution in [3.8, 4) is 12.3 Å². The number of hydrogen-bond donors (Lipinski definition) is 4. The molecule has 0 bridgehead atoms. The van der Waals surface area contributed by atoms with Crippen LogP contribution in [0.25, 0.3) is 0 Å². The largest absolute Gasteiger partial charge is 0.369 e. The lowest BCUT2D eigenvalue weighted by Gasteiger charge is -2.43. The van der Waals surface area contributed by atoms with Gasteiger partial charge in [0.2, 0.25) is 28.5 Å². The number of likely N-dealkylation sites (N-methyl/N-ethyl adjacent to an activating group) is 1. The van der Waals surface area contributed by atoms with E-state index < -0.39 is 74.9 Å². The molecule has 1 saturated heterocycles. The van der Waals surface area contributed by atoms with Gasteiger partial charge in [0.05, 0.1) is 17.8 Å². The van der Waals surface area contributed by atoms with Crippen molar-refractivity contribution in [3.63, 3.8) is 0 Å². The Kier molecular flexibility index (Phi) is 12.0. The van der Waals surface area contributed by atoms with Gasteiger partial charge in [-0.25, -0.2) is 4.79 Å². The van der Waals surface area contributed by atoms with Crippen LogP contribution in [0, 0.1) is 40.4 Å². The molecule has 4 aliphatic rings. The summed E-state index contributed by atoms with van der Waals surface area (Å²) in [5.74, 6) is 0.00134.